The number of halogens is 1. The fourth-order valence-electron chi connectivity index (χ4n) is 2.75. The number of nitrogens with zero attached hydrogens (tertiary/aromatic N) is 1. The van der Waals surface area contributed by atoms with E-state index in [-0.39, 0.29) is 5.78 Å². The molecule has 3 rings (SSSR count). The minimum atomic E-state index is 0.207. The van der Waals surface area contributed by atoms with Gasteiger partial charge in [0.05, 0.1) is 0 Å². The highest BCUT2D eigenvalue weighted by Gasteiger charge is 2.24. The van der Waals surface area contributed by atoms with Gasteiger partial charge in [0, 0.05) is 27.9 Å². The summed E-state index contributed by atoms with van der Waals surface area (Å²) in [5, 5.41) is 2.08. The number of carbonyl (C=O) groups is 1. The molecule has 0 N–H and O–H groups in total. The van der Waals surface area contributed by atoms with Gasteiger partial charge in [0.2, 0.25) is 0 Å². The molecule has 1 heterocycles. The quantitative estimate of drug-likeness (QED) is 0.778. The molecular formula is C18H18BrNOS. The van der Waals surface area contributed by atoms with Crippen molar-refractivity contribution in [2.45, 2.75) is 12.8 Å². The first-order chi connectivity index (χ1) is 10.6. The van der Waals surface area contributed by atoms with Gasteiger partial charge in [-0.15, -0.1) is 11.3 Å². The molecule has 0 fully saturated rings. The summed E-state index contributed by atoms with van der Waals surface area (Å²) >= 11 is 5.27. The van der Waals surface area contributed by atoms with Gasteiger partial charge in [-0.2, -0.15) is 0 Å². The fraction of sp³-hybridized carbons (Fsp3) is 0.278. The second-order valence-electron chi connectivity index (χ2n) is 5.77. The van der Waals surface area contributed by atoms with Gasteiger partial charge >= 0.3 is 0 Å². The van der Waals surface area contributed by atoms with Crippen LogP contribution in [-0.4, -0.2) is 31.3 Å². The van der Waals surface area contributed by atoms with E-state index in [4.69, 9.17) is 0 Å². The van der Waals surface area contributed by atoms with Crippen molar-refractivity contribution in [3.63, 3.8) is 0 Å². The van der Waals surface area contributed by atoms with Crippen LogP contribution in [0.3, 0.4) is 0 Å². The topological polar surface area (TPSA) is 20.3 Å². The zero-order valence-corrected chi connectivity index (χ0v) is 15.1. The molecule has 0 aliphatic heterocycles. The largest absolute Gasteiger partial charge is 0.309 e. The van der Waals surface area contributed by atoms with E-state index < -0.39 is 0 Å². The molecule has 1 aromatic heterocycles. The molecule has 2 aromatic rings. The zero-order valence-electron chi connectivity index (χ0n) is 12.7. The highest BCUT2D eigenvalue weighted by atomic mass is 79.9. The summed E-state index contributed by atoms with van der Waals surface area (Å²) < 4.78 is 1.01. The van der Waals surface area contributed by atoms with Crippen LogP contribution in [0, 0.1) is 0 Å². The average Bonchev–Trinajstić information content (AvgIpc) is 2.87. The Morgan fingerprint density at radius 2 is 2.09 bits per heavy atom. The maximum atomic E-state index is 12.6. The first-order valence-corrected chi connectivity index (χ1v) is 8.98. The number of ketones is 1. The first-order valence-electron chi connectivity index (χ1n) is 7.31. The predicted octanol–water partition coefficient (Wildman–Crippen LogP) is 4.63. The number of carbonyl (C=O) groups excluding carboxylic acids is 1. The third kappa shape index (κ3) is 3.09. The minimum absolute atomic E-state index is 0.207. The molecule has 22 heavy (non-hydrogen) atoms. The summed E-state index contributed by atoms with van der Waals surface area (Å²) in [5.41, 5.74) is 4.24. The molecule has 0 saturated heterocycles. The molecule has 0 spiro atoms. The fourth-order valence-corrected chi connectivity index (χ4v) is 4.10. The molecule has 0 amide bonds. The lowest BCUT2D eigenvalue weighted by Gasteiger charge is -2.11. The molecule has 1 aliphatic carbocycles. The Hall–Kier alpha value is -1.23. The Balaban J connectivity index is 2.13. The van der Waals surface area contributed by atoms with Crippen LogP contribution in [0.1, 0.15) is 32.8 Å². The number of thiophene rings is 1. The molecule has 0 bridgehead atoms. The van der Waals surface area contributed by atoms with E-state index in [2.05, 4.69) is 58.5 Å². The van der Waals surface area contributed by atoms with Crippen molar-refractivity contribution in [2.24, 2.45) is 0 Å². The highest BCUT2D eigenvalue weighted by Crippen LogP contribution is 2.38. The Labute approximate surface area is 143 Å². The van der Waals surface area contributed by atoms with Crippen LogP contribution in [0.15, 0.2) is 40.2 Å². The van der Waals surface area contributed by atoms with Crippen LogP contribution in [-0.2, 0) is 6.42 Å². The van der Waals surface area contributed by atoms with Gasteiger partial charge in [0.1, 0.15) is 0 Å². The van der Waals surface area contributed by atoms with Crippen LogP contribution in [0.2, 0.25) is 0 Å². The van der Waals surface area contributed by atoms with Crippen LogP contribution in [0.5, 0.6) is 0 Å². The lowest BCUT2D eigenvalue weighted by Crippen LogP contribution is -2.12. The summed E-state index contributed by atoms with van der Waals surface area (Å²) in [6, 6.07) is 8.05. The molecule has 0 unspecified atom stereocenters. The zero-order chi connectivity index (χ0) is 15.7. The van der Waals surface area contributed by atoms with Crippen molar-refractivity contribution >= 4 is 38.6 Å². The molecule has 1 aliphatic rings. The van der Waals surface area contributed by atoms with Gasteiger partial charge in [0.15, 0.2) is 5.78 Å². The number of Topliss-reactive ketones (excluding diaryl/α,β-unsaturated/α-hetero) is 1. The number of hydrogen-bond donors (Lipinski definition) is 0. The SMILES string of the molecule is CN(C)CC/C=C1\c2cc(Br)ccc2C(=O)Cc2ccsc21. The Morgan fingerprint density at radius 1 is 1.27 bits per heavy atom. The second-order valence-corrected chi connectivity index (χ2v) is 7.61. The molecule has 0 atom stereocenters. The lowest BCUT2D eigenvalue weighted by molar-refractivity contribution is 0.0993. The number of rotatable bonds is 3. The smallest absolute Gasteiger partial charge is 0.167 e. The van der Waals surface area contributed by atoms with Crippen molar-refractivity contribution in [2.75, 3.05) is 20.6 Å². The number of fused-ring (bicyclic) bond motifs is 2. The Morgan fingerprint density at radius 3 is 2.86 bits per heavy atom. The van der Waals surface area contributed by atoms with E-state index in [1.54, 1.807) is 11.3 Å². The molecule has 4 heteroatoms. The summed E-state index contributed by atoms with van der Waals surface area (Å²) in [5.74, 6) is 0.207. The molecule has 0 saturated carbocycles. The number of benzene rings is 1. The molecule has 0 radical (unpaired) electrons. The molecular weight excluding hydrogens is 358 g/mol. The third-order valence-electron chi connectivity index (χ3n) is 3.84. The standard InChI is InChI=1S/C18H18BrNOS/c1-20(2)8-3-4-15-16-11-13(19)5-6-14(16)17(21)10-12-7-9-22-18(12)15/h4-7,9,11H,3,8,10H2,1-2H3/b15-4+. The monoisotopic (exact) mass is 375 g/mol. The molecule has 2 nitrogen and oxygen atoms in total. The predicted molar refractivity (Wildman–Crippen MR) is 96.7 cm³/mol. The van der Waals surface area contributed by atoms with Crippen molar-refractivity contribution in [1.29, 1.82) is 0 Å². The second kappa shape index (κ2) is 6.49. The normalized spacial score (nSPS) is 15.8. The van der Waals surface area contributed by atoms with Crippen LogP contribution < -0.4 is 0 Å². The van der Waals surface area contributed by atoms with Crippen LogP contribution in [0.4, 0.5) is 0 Å². The van der Waals surface area contributed by atoms with E-state index in [9.17, 15) is 4.79 Å². The lowest BCUT2D eigenvalue weighted by atomic mass is 9.97. The Bertz CT molecular complexity index is 745. The summed E-state index contributed by atoms with van der Waals surface area (Å²) in [6.07, 6.45) is 3.75. The Kier molecular flexibility index (Phi) is 4.62. The summed E-state index contributed by atoms with van der Waals surface area (Å²) in [7, 11) is 4.16. The molecule has 114 valence electrons. The van der Waals surface area contributed by atoms with Gasteiger partial charge in [0.25, 0.3) is 0 Å². The van der Waals surface area contributed by atoms with E-state index >= 15 is 0 Å². The van der Waals surface area contributed by atoms with Crippen LogP contribution in [0.25, 0.3) is 5.57 Å². The van der Waals surface area contributed by atoms with E-state index in [0.717, 1.165) is 34.1 Å². The summed E-state index contributed by atoms with van der Waals surface area (Å²) in [4.78, 5) is 16.0. The van der Waals surface area contributed by atoms with Gasteiger partial charge in [-0.05, 0) is 66.9 Å². The first kappa shape index (κ1) is 15.7. The van der Waals surface area contributed by atoms with E-state index in [1.807, 2.05) is 12.1 Å². The van der Waals surface area contributed by atoms with Gasteiger partial charge in [-0.25, -0.2) is 0 Å². The van der Waals surface area contributed by atoms with E-state index in [1.165, 1.54) is 10.5 Å². The molecule has 1 aromatic carbocycles. The van der Waals surface area contributed by atoms with Gasteiger partial charge in [-0.1, -0.05) is 22.0 Å². The van der Waals surface area contributed by atoms with Crippen molar-refractivity contribution in [1.82, 2.24) is 4.90 Å². The van der Waals surface area contributed by atoms with Gasteiger partial charge in [-0.3, -0.25) is 4.79 Å². The third-order valence-corrected chi connectivity index (χ3v) is 5.32. The van der Waals surface area contributed by atoms with Crippen molar-refractivity contribution < 1.29 is 4.79 Å². The van der Waals surface area contributed by atoms with Crippen LogP contribution >= 0.6 is 27.3 Å². The highest BCUT2D eigenvalue weighted by molar-refractivity contribution is 9.10. The van der Waals surface area contributed by atoms with Crippen molar-refractivity contribution in [3.05, 3.63) is 61.8 Å². The maximum absolute atomic E-state index is 12.6. The maximum Gasteiger partial charge on any atom is 0.167 e. The average molecular weight is 376 g/mol. The summed E-state index contributed by atoms with van der Waals surface area (Å²) in [6.45, 7) is 1.00. The number of hydrogen-bond acceptors (Lipinski definition) is 3. The van der Waals surface area contributed by atoms with Crippen molar-refractivity contribution in [3.8, 4) is 0 Å². The van der Waals surface area contributed by atoms with Gasteiger partial charge < -0.3 is 4.90 Å². The van der Waals surface area contributed by atoms with E-state index in [0.29, 0.717) is 6.42 Å². The minimum Gasteiger partial charge on any atom is -0.309 e.